The van der Waals surface area contributed by atoms with Crippen LogP contribution in [0, 0.1) is 0 Å². The molecule has 0 atom stereocenters. The highest BCUT2D eigenvalue weighted by molar-refractivity contribution is 5.20. The van der Waals surface area contributed by atoms with Gasteiger partial charge in [-0.3, -0.25) is 0 Å². The summed E-state index contributed by atoms with van der Waals surface area (Å²) in [5.41, 5.74) is 0.944. The van der Waals surface area contributed by atoms with Crippen molar-refractivity contribution < 1.29 is 9.47 Å². The van der Waals surface area contributed by atoms with Crippen LogP contribution in [0.15, 0.2) is 18.3 Å². The van der Waals surface area contributed by atoms with Gasteiger partial charge in [0, 0.05) is 25.1 Å². The molecule has 1 aromatic heterocycles. The van der Waals surface area contributed by atoms with Crippen molar-refractivity contribution >= 4 is 0 Å². The Bertz CT molecular complexity index is 433. The van der Waals surface area contributed by atoms with Crippen LogP contribution in [-0.2, 0) is 4.74 Å². The second-order valence-electron chi connectivity index (χ2n) is 7.35. The standard InChI is InChI=1S/C17H27NO2/c1-12(2)13-7-8-15(18-11-13)19-14-9-16(3,4)20-17(5,6)10-14/h7-8,11-12,14H,9-10H2,1-6H3. The van der Waals surface area contributed by atoms with Gasteiger partial charge >= 0.3 is 0 Å². The summed E-state index contributed by atoms with van der Waals surface area (Å²) in [6, 6.07) is 4.08. The third-order valence-electron chi connectivity index (χ3n) is 3.70. The highest BCUT2D eigenvalue weighted by atomic mass is 16.5. The van der Waals surface area contributed by atoms with Gasteiger partial charge in [-0.25, -0.2) is 4.98 Å². The lowest BCUT2D eigenvalue weighted by Gasteiger charge is -2.44. The molecule has 0 unspecified atom stereocenters. The summed E-state index contributed by atoms with van der Waals surface area (Å²) in [6.07, 6.45) is 3.86. The number of nitrogens with zero attached hydrogens (tertiary/aromatic N) is 1. The Morgan fingerprint density at radius 2 is 1.75 bits per heavy atom. The van der Waals surface area contributed by atoms with E-state index in [1.807, 2.05) is 12.3 Å². The summed E-state index contributed by atoms with van der Waals surface area (Å²) >= 11 is 0. The summed E-state index contributed by atoms with van der Waals surface area (Å²) in [5.74, 6) is 1.21. The van der Waals surface area contributed by atoms with Crippen molar-refractivity contribution in [2.75, 3.05) is 0 Å². The maximum Gasteiger partial charge on any atom is 0.213 e. The number of pyridine rings is 1. The van der Waals surface area contributed by atoms with Crippen LogP contribution in [0.4, 0.5) is 0 Å². The van der Waals surface area contributed by atoms with E-state index in [2.05, 4.69) is 52.6 Å². The average Bonchev–Trinajstić information content (AvgIpc) is 2.25. The zero-order valence-electron chi connectivity index (χ0n) is 13.6. The van der Waals surface area contributed by atoms with Crippen LogP contribution >= 0.6 is 0 Å². The van der Waals surface area contributed by atoms with Crippen molar-refractivity contribution in [1.82, 2.24) is 4.98 Å². The third kappa shape index (κ3) is 3.95. The first-order valence-corrected chi connectivity index (χ1v) is 7.50. The maximum atomic E-state index is 6.08. The molecule has 0 bridgehead atoms. The van der Waals surface area contributed by atoms with E-state index in [0.29, 0.717) is 11.8 Å². The number of ether oxygens (including phenoxy) is 2. The van der Waals surface area contributed by atoms with Crippen molar-refractivity contribution in [2.24, 2.45) is 0 Å². The van der Waals surface area contributed by atoms with Gasteiger partial charge in [-0.2, -0.15) is 0 Å². The lowest BCUT2D eigenvalue weighted by atomic mass is 9.87. The molecule has 2 rings (SSSR count). The first-order valence-electron chi connectivity index (χ1n) is 7.50. The molecule has 1 saturated heterocycles. The molecule has 0 spiro atoms. The van der Waals surface area contributed by atoms with Gasteiger partial charge in [-0.1, -0.05) is 19.9 Å². The minimum atomic E-state index is -0.149. The van der Waals surface area contributed by atoms with Crippen LogP contribution in [0.25, 0.3) is 0 Å². The lowest BCUT2D eigenvalue weighted by molar-refractivity contribution is -0.182. The van der Waals surface area contributed by atoms with Crippen LogP contribution in [0.2, 0.25) is 0 Å². The van der Waals surface area contributed by atoms with Crippen LogP contribution < -0.4 is 4.74 Å². The van der Waals surface area contributed by atoms with Gasteiger partial charge in [0.1, 0.15) is 6.10 Å². The molecule has 2 heterocycles. The molecule has 0 aromatic carbocycles. The van der Waals surface area contributed by atoms with Gasteiger partial charge in [0.15, 0.2) is 0 Å². The number of hydrogen-bond acceptors (Lipinski definition) is 3. The van der Waals surface area contributed by atoms with Crippen LogP contribution in [0.1, 0.15) is 65.9 Å². The monoisotopic (exact) mass is 277 g/mol. The van der Waals surface area contributed by atoms with Gasteiger partial charge in [0.2, 0.25) is 5.88 Å². The SMILES string of the molecule is CC(C)c1ccc(OC2CC(C)(C)OC(C)(C)C2)nc1. The third-order valence-corrected chi connectivity index (χ3v) is 3.70. The fourth-order valence-corrected chi connectivity index (χ4v) is 3.06. The Morgan fingerprint density at radius 1 is 1.15 bits per heavy atom. The van der Waals surface area contributed by atoms with Crippen molar-refractivity contribution in [2.45, 2.75) is 77.6 Å². The van der Waals surface area contributed by atoms with Crippen LogP contribution in [0.3, 0.4) is 0 Å². The molecule has 0 saturated carbocycles. The first kappa shape index (κ1) is 15.3. The molecule has 0 aliphatic carbocycles. The smallest absolute Gasteiger partial charge is 0.213 e. The molecule has 3 nitrogen and oxygen atoms in total. The Kier molecular flexibility index (Phi) is 4.10. The molecular weight excluding hydrogens is 250 g/mol. The van der Waals surface area contributed by atoms with Gasteiger partial charge in [0.05, 0.1) is 11.2 Å². The van der Waals surface area contributed by atoms with E-state index in [1.54, 1.807) is 0 Å². The number of rotatable bonds is 3. The summed E-state index contributed by atoms with van der Waals surface area (Å²) in [4.78, 5) is 4.43. The van der Waals surface area contributed by atoms with E-state index >= 15 is 0 Å². The van der Waals surface area contributed by atoms with Gasteiger partial charge < -0.3 is 9.47 Å². The largest absolute Gasteiger partial charge is 0.474 e. The molecular formula is C17H27NO2. The zero-order chi connectivity index (χ0) is 15.0. The molecule has 112 valence electrons. The van der Waals surface area contributed by atoms with Crippen molar-refractivity contribution in [3.05, 3.63) is 23.9 Å². The van der Waals surface area contributed by atoms with E-state index in [4.69, 9.17) is 9.47 Å². The Labute approximate surface area is 122 Å². The second kappa shape index (κ2) is 5.36. The summed E-state index contributed by atoms with van der Waals surface area (Å²) in [6.45, 7) is 12.8. The summed E-state index contributed by atoms with van der Waals surface area (Å²) in [5, 5.41) is 0. The van der Waals surface area contributed by atoms with Crippen molar-refractivity contribution in [3.8, 4) is 5.88 Å². The fourth-order valence-electron chi connectivity index (χ4n) is 3.06. The van der Waals surface area contributed by atoms with Crippen LogP contribution in [0.5, 0.6) is 5.88 Å². The molecule has 3 heteroatoms. The predicted molar refractivity (Wildman–Crippen MR) is 81.2 cm³/mol. The van der Waals surface area contributed by atoms with Gasteiger partial charge in [-0.05, 0) is 39.2 Å². The highest BCUT2D eigenvalue weighted by Gasteiger charge is 2.40. The quantitative estimate of drug-likeness (QED) is 0.824. The van der Waals surface area contributed by atoms with Crippen molar-refractivity contribution in [1.29, 1.82) is 0 Å². The zero-order valence-corrected chi connectivity index (χ0v) is 13.6. The topological polar surface area (TPSA) is 31.4 Å². The number of hydrogen-bond donors (Lipinski definition) is 0. The van der Waals surface area contributed by atoms with Gasteiger partial charge in [-0.15, -0.1) is 0 Å². The maximum absolute atomic E-state index is 6.08. The van der Waals surface area contributed by atoms with E-state index < -0.39 is 0 Å². The van der Waals surface area contributed by atoms with Gasteiger partial charge in [0.25, 0.3) is 0 Å². The van der Waals surface area contributed by atoms with E-state index in [1.165, 1.54) is 5.56 Å². The molecule has 1 fully saturated rings. The molecule has 1 aromatic rings. The minimum Gasteiger partial charge on any atom is -0.474 e. The lowest BCUT2D eigenvalue weighted by Crippen LogP contribution is -2.49. The minimum absolute atomic E-state index is 0.149. The molecule has 0 radical (unpaired) electrons. The Balaban J connectivity index is 2.05. The van der Waals surface area contributed by atoms with Crippen molar-refractivity contribution in [3.63, 3.8) is 0 Å². The molecule has 20 heavy (non-hydrogen) atoms. The Morgan fingerprint density at radius 3 is 2.20 bits per heavy atom. The normalized spacial score (nSPS) is 21.9. The molecule has 0 N–H and O–H groups in total. The second-order valence-corrected chi connectivity index (χ2v) is 7.35. The Hall–Kier alpha value is -1.09. The summed E-state index contributed by atoms with van der Waals surface area (Å²) in [7, 11) is 0. The average molecular weight is 277 g/mol. The molecule has 1 aliphatic rings. The van der Waals surface area contributed by atoms with E-state index in [-0.39, 0.29) is 17.3 Å². The number of aromatic nitrogens is 1. The van der Waals surface area contributed by atoms with Crippen LogP contribution in [-0.4, -0.2) is 22.3 Å². The molecule has 0 amide bonds. The highest BCUT2D eigenvalue weighted by Crippen LogP contribution is 2.36. The van der Waals surface area contributed by atoms with E-state index in [9.17, 15) is 0 Å². The fraction of sp³-hybridized carbons (Fsp3) is 0.706. The summed E-state index contributed by atoms with van der Waals surface area (Å²) < 4.78 is 12.1. The first-order chi connectivity index (χ1) is 9.17. The molecule has 1 aliphatic heterocycles. The predicted octanol–water partition coefficient (Wildman–Crippen LogP) is 4.32. The van der Waals surface area contributed by atoms with E-state index in [0.717, 1.165) is 12.8 Å².